The van der Waals surface area contributed by atoms with Crippen molar-refractivity contribution in [2.45, 2.75) is 41.9 Å². The molecule has 0 aromatic heterocycles. The number of likely N-dealkylation sites (tertiary alicyclic amines) is 1. The third kappa shape index (κ3) is 3.64. The number of halogens is 3. The van der Waals surface area contributed by atoms with Crippen molar-refractivity contribution in [1.82, 2.24) is 4.90 Å². The second-order valence-corrected chi connectivity index (χ2v) is 13.2. The maximum atomic E-state index is 14.1. The minimum Gasteiger partial charge on any atom is -0.504 e. The van der Waals surface area contributed by atoms with Crippen LogP contribution in [-0.2, 0) is 25.6 Å². The molecule has 2 aromatic rings. The Morgan fingerprint density at radius 1 is 1.05 bits per heavy atom. The number of aromatic hydroxyl groups is 1. The minimum absolute atomic E-state index is 0.121. The molecule has 3 fully saturated rings. The highest BCUT2D eigenvalue weighted by Crippen LogP contribution is 2.66. The second kappa shape index (κ2) is 9.57. The molecule has 2 heterocycles. The lowest BCUT2D eigenvalue weighted by Crippen LogP contribution is -2.60. The molecule has 2 aromatic carbocycles. The number of benzene rings is 2. The predicted molar refractivity (Wildman–Crippen MR) is 156 cm³/mol. The van der Waals surface area contributed by atoms with Crippen LogP contribution < -0.4 is 9.64 Å². The quantitative estimate of drug-likeness (QED) is 0.284. The van der Waals surface area contributed by atoms with Crippen molar-refractivity contribution in [3.8, 4) is 11.5 Å². The smallest absolute Gasteiger partial charge is 0.253 e. The molecule has 0 bridgehead atoms. The maximum absolute atomic E-state index is 14.1. The Morgan fingerprint density at radius 2 is 1.73 bits per heavy atom. The Morgan fingerprint density at radius 3 is 2.37 bits per heavy atom. The van der Waals surface area contributed by atoms with Gasteiger partial charge in [0.1, 0.15) is 0 Å². The highest BCUT2D eigenvalue weighted by atomic mass is 79.9. The fourth-order valence-electron chi connectivity index (χ4n) is 7.19. The van der Waals surface area contributed by atoms with Gasteiger partial charge in [-0.1, -0.05) is 46.6 Å². The number of allylic oxidation sites excluding steroid dienone is 2. The van der Waals surface area contributed by atoms with E-state index in [1.807, 2.05) is 25.1 Å². The van der Waals surface area contributed by atoms with Gasteiger partial charge in [-0.05, 0) is 55.0 Å². The van der Waals surface area contributed by atoms with Crippen LogP contribution in [0, 0.1) is 17.8 Å². The average Bonchev–Trinajstić information content (AvgIpc) is 3.29. The number of amides is 4. The zero-order valence-corrected chi connectivity index (χ0v) is 25.6. The van der Waals surface area contributed by atoms with Crippen LogP contribution in [0.3, 0.4) is 0 Å². The van der Waals surface area contributed by atoms with Gasteiger partial charge in [0.25, 0.3) is 11.8 Å². The highest BCUT2D eigenvalue weighted by molar-refractivity contribution is 9.10. The molecule has 1 N–H and O–H groups in total. The number of carbonyl (C=O) groups is 4. The molecule has 1 saturated carbocycles. The molecule has 6 unspecified atom stereocenters. The molecule has 11 heteroatoms. The van der Waals surface area contributed by atoms with E-state index in [-0.39, 0.29) is 41.7 Å². The first-order valence-corrected chi connectivity index (χ1v) is 14.9. The molecule has 8 nitrogen and oxygen atoms in total. The predicted octanol–water partition coefficient (Wildman–Crippen LogP) is 4.92. The largest absolute Gasteiger partial charge is 0.504 e. The van der Waals surface area contributed by atoms with Crippen molar-refractivity contribution >= 4 is 68.4 Å². The van der Waals surface area contributed by atoms with Crippen molar-refractivity contribution in [2.24, 2.45) is 17.8 Å². The standard InChI is InChI=1S/C30H27BrCl2N2O6/c1-4-14-5-7-16(8-6-14)35-25(37)18-10-9-17-20(22(18)26(35)38)13-29(32)27(39)34(2)28(40)30(29,33)23(17)19-11-15(31)12-21(41-3)24(19)36/h5-9,11-12,18,20,22-23,36H,4,10,13H2,1-3H3. The first kappa shape index (κ1) is 28.2. The van der Waals surface area contributed by atoms with Gasteiger partial charge < -0.3 is 9.84 Å². The number of rotatable bonds is 4. The van der Waals surface area contributed by atoms with Crippen LogP contribution in [0.1, 0.15) is 36.8 Å². The van der Waals surface area contributed by atoms with Crippen molar-refractivity contribution in [1.29, 1.82) is 0 Å². The summed E-state index contributed by atoms with van der Waals surface area (Å²) in [6, 6.07) is 10.5. The fraction of sp³-hybridized carbons (Fsp3) is 0.400. The number of aryl methyl sites for hydroxylation is 1. The number of ether oxygens (including phenoxy) is 1. The molecule has 0 radical (unpaired) electrons. The summed E-state index contributed by atoms with van der Waals surface area (Å²) in [4.78, 5) is 53.3. The third-order valence-electron chi connectivity index (χ3n) is 9.22. The molecule has 41 heavy (non-hydrogen) atoms. The number of phenolic OH excluding ortho intramolecular Hbond substituents is 1. The Labute approximate surface area is 255 Å². The molecule has 6 atom stereocenters. The van der Waals surface area contributed by atoms with Crippen LogP contribution in [0.4, 0.5) is 5.69 Å². The van der Waals surface area contributed by atoms with Gasteiger partial charge in [-0.15, -0.1) is 23.2 Å². The van der Waals surface area contributed by atoms with Gasteiger partial charge in [0.2, 0.25) is 11.8 Å². The fourth-order valence-corrected chi connectivity index (χ4v) is 8.66. The molecule has 4 aliphatic rings. The van der Waals surface area contributed by atoms with Gasteiger partial charge in [-0.2, -0.15) is 0 Å². The van der Waals surface area contributed by atoms with E-state index in [1.54, 1.807) is 24.3 Å². The van der Waals surface area contributed by atoms with Crippen LogP contribution in [0.2, 0.25) is 0 Å². The molecule has 2 aliphatic heterocycles. The lowest BCUT2D eigenvalue weighted by atomic mass is 9.56. The summed E-state index contributed by atoms with van der Waals surface area (Å²) >= 11 is 17.8. The van der Waals surface area contributed by atoms with Gasteiger partial charge in [-0.3, -0.25) is 29.0 Å². The van der Waals surface area contributed by atoms with E-state index in [2.05, 4.69) is 15.9 Å². The molecule has 0 spiro atoms. The average molecular weight is 662 g/mol. The number of hydrogen-bond donors (Lipinski definition) is 1. The van der Waals surface area contributed by atoms with E-state index in [0.29, 0.717) is 15.7 Å². The van der Waals surface area contributed by atoms with E-state index in [1.165, 1.54) is 19.1 Å². The number of nitrogens with zero attached hydrogens (tertiary/aromatic N) is 2. The number of alkyl halides is 2. The number of methoxy groups -OCH3 is 1. The van der Waals surface area contributed by atoms with Crippen LogP contribution in [0.5, 0.6) is 11.5 Å². The minimum atomic E-state index is -2.00. The van der Waals surface area contributed by atoms with E-state index >= 15 is 0 Å². The summed E-state index contributed by atoms with van der Waals surface area (Å²) in [5, 5.41) is 11.3. The number of imide groups is 2. The molecular formula is C30H27BrCl2N2O6. The second-order valence-electron chi connectivity index (χ2n) is 11.1. The van der Waals surface area contributed by atoms with Crippen molar-refractivity contribution in [2.75, 3.05) is 19.1 Å². The molecule has 2 aliphatic carbocycles. The zero-order valence-electron chi connectivity index (χ0n) is 22.5. The summed E-state index contributed by atoms with van der Waals surface area (Å²) in [7, 11) is 2.71. The monoisotopic (exact) mass is 660 g/mol. The van der Waals surface area contributed by atoms with Gasteiger partial charge >= 0.3 is 0 Å². The van der Waals surface area contributed by atoms with E-state index in [9.17, 15) is 24.3 Å². The topological polar surface area (TPSA) is 104 Å². The third-order valence-corrected chi connectivity index (χ3v) is 11.1. The van der Waals surface area contributed by atoms with Crippen molar-refractivity contribution in [3.63, 3.8) is 0 Å². The first-order valence-electron chi connectivity index (χ1n) is 13.3. The molecule has 4 amide bonds. The van der Waals surface area contributed by atoms with E-state index in [0.717, 1.165) is 16.9 Å². The molecule has 2 saturated heterocycles. The summed E-state index contributed by atoms with van der Waals surface area (Å²) < 4.78 is 5.91. The Kier molecular flexibility index (Phi) is 6.60. The number of carbonyl (C=O) groups excluding carboxylic acids is 4. The number of phenols is 1. The van der Waals surface area contributed by atoms with Crippen molar-refractivity contribution in [3.05, 3.63) is 63.6 Å². The van der Waals surface area contributed by atoms with E-state index < -0.39 is 45.2 Å². The number of hydrogen-bond acceptors (Lipinski definition) is 6. The maximum Gasteiger partial charge on any atom is 0.253 e. The molecular weight excluding hydrogens is 635 g/mol. The van der Waals surface area contributed by atoms with Crippen molar-refractivity contribution < 1.29 is 29.0 Å². The van der Waals surface area contributed by atoms with E-state index in [4.69, 9.17) is 27.9 Å². The summed E-state index contributed by atoms with van der Waals surface area (Å²) in [6.45, 7) is 2.02. The van der Waals surface area contributed by atoms with Gasteiger partial charge in [-0.25, -0.2) is 0 Å². The van der Waals surface area contributed by atoms with Gasteiger partial charge in [0, 0.05) is 23.0 Å². The molecule has 214 valence electrons. The Bertz CT molecular complexity index is 1560. The Balaban J connectivity index is 1.53. The number of fused-ring (bicyclic) bond motifs is 4. The summed E-state index contributed by atoms with van der Waals surface area (Å²) in [6.07, 6.45) is 2.75. The SMILES string of the molecule is CCc1ccc(N2C(=O)C3CC=C4C(CC5(Cl)C(=O)N(C)C(=O)C5(Cl)C4c4cc(Br)cc(OC)c4O)C3C2=O)cc1. The summed E-state index contributed by atoms with van der Waals surface area (Å²) in [5.74, 6) is -5.48. The molecule has 6 rings (SSSR count). The zero-order chi connectivity index (χ0) is 29.6. The number of anilines is 1. The van der Waals surface area contributed by atoms with Crippen LogP contribution in [0.25, 0.3) is 0 Å². The Hall–Kier alpha value is -2.88. The van der Waals surface area contributed by atoms with Crippen LogP contribution in [0.15, 0.2) is 52.5 Å². The van der Waals surface area contributed by atoms with Crippen LogP contribution >= 0.6 is 39.1 Å². The van der Waals surface area contributed by atoms with Gasteiger partial charge in [0.15, 0.2) is 21.2 Å². The lowest BCUT2D eigenvalue weighted by molar-refractivity contribution is -0.138. The van der Waals surface area contributed by atoms with Gasteiger partial charge in [0.05, 0.1) is 24.6 Å². The first-order chi connectivity index (χ1) is 19.4. The summed E-state index contributed by atoms with van der Waals surface area (Å²) in [5.41, 5.74) is 2.37. The lowest BCUT2D eigenvalue weighted by Gasteiger charge is -2.50. The normalized spacial score (nSPS) is 32.6. The highest BCUT2D eigenvalue weighted by Gasteiger charge is 2.76. The van der Waals surface area contributed by atoms with Crippen LogP contribution in [-0.4, -0.2) is 57.5 Å².